The van der Waals surface area contributed by atoms with Crippen molar-refractivity contribution in [3.8, 4) is 0 Å². The van der Waals surface area contributed by atoms with Crippen molar-refractivity contribution in [2.24, 2.45) is 0 Å². The van der Waals surface area contributed by atoms with E-state index in [0.717, 1.165) is 48.8 Å². The Balaban J connectivity index is 3.44. The van der Waals surface area contributed by atoms with Crippen molar-refractivity contribution >= 4 is 29.7 Å². The van der Waals surface area contributed by atoms with E-state index < -0.39 is 23.8 Å². The van der Waals surface area contributed by atoms with Gasteiger partial charge in [0.25, 0.3) is 0 Å². The SMILES string of the molecule is CCCCCCCCN(C(=O)C(CCSC)NC(=O)OC(C)(C)C)C(C(=O)NCCCC)c1ccc(C)c(C)c1. The zero-order valence-electron chi connectivity index (χ0n) is 26.4. The first-order chi connectivity index (χ1) is 18.9. The minimum absolute atomic E-state index is 0.183. The normalized spacial score (nSPS) is 12.9. The van der Waals surface area contributed by atoms with Crippen LogP contribution in [-0.2, 0) is 14.3 Å². The predicted molar refractivity (Wildman–Crippen MR) is 168 cm³/mol. The summed E-state index contributed by atoms with van der Waals surface area (Å²) in [5.41, 5.74) is 2.31. The van der Waals surface area contributed by atoms with Crippen molar-refractivity contribution in [2.75, 3.05) is 25.1 Å². The van der Waals surface area contributed by atoms with Crippen LogP contribution in [-0.4, -0.2) is 59.5 Å². The molecule has 8 heteroatoms. The molecule has 3 amide bonds. The highest BCUT2D eigenvalue weighted by molar-refractivity contribution is 7.98. The van der Waals surface area contributed by atoms with Gasteiger partial charge in [0.05, 0.1) is 0 Å². The van der Waals surface area contributed by atoms with Crippen molar-refractivity contribution in [1.29, 1.82) is 0 Å². The minimum Gasteiger partial charge on any atom is -0.444 e. The van der Waals surface area contributed by atoms with Crippen LogP contribution in [0.3, 0.4) is 0 Å². The third kappa shape index (κ3) is 13.4. The summed E-state index contributed by atoms with van der Waals surface area (Å²) in [6.07, 6.45) is 10.0. The second-order valence-electron chi connectivity index (χ2n) is 11.7. The molecule has 1 aromatic rings. The van der Waals surface area contributed by atoms with Crippen LogP contribution >= 0.6 is 11.8 Å². The average molecular weight is 578 g/mol. The van der Waals surface area contributed by atoms with Gasteiger partial charge in [0, 0.05) is 13.1 Å². The predicted octanol–water partition coefficient (Wildman–Crippen LogP) is 7.10. The van der Waals surface area contributed by atoms with Crippen LogP contribution in [0.5, 0.6) is 0 Å². The highest BCUT2D eigenvalue weighted by Gasteiger charge is 2.36. The number of nitrogens with one attached hydrogen (secondary N) is 2. The molecular formula is C32H55N3O4S. The first-order valence-corrected chi connectivity index (χ1v) is 16.5. The lowest BCUT2D eigenvalue weighted by molar-refractivity contribution is -0.142. The Hall–Kier alpha value is -2.22. The topological polar surface area (TPSA) is 87.7 Å². The van der Waals surface area contributed by atoms with E-state index in [1.807, 2.05) is 38.3 Å². The van der Waals surface area contributed by atoms with E-state index in [1.54, 1.807) is 37.4 Å². The lowest BCUT2D eigenvalue weighted by Crippen LogP contribution is -2.53. The first kappa shape index (κ1) is 35.8. The molecule has 1 aromatic carbocycles. The third-order valence-corrected chi connectivity index (χ3v) is 7.52. The summed E-state index contributed by atoms with van der Waals surface area (Å²) >= 11 is 1.61. The van der Waals surface area contributed by atoms with Gasteiger partial charge < -0.3 is 20.3 Å². The molecule has 40 heavy (non-hydrogen) atoms. The van der Waals surface area contributed by atoms with E-state index in [2.05, 4.69) is 24.5 Å². The highest BCUT2D eigenvalue weighted by Crippen LogP contribution is 2.26. The Bertz CT molecular complexity index is 916. The zero-order valence-corrected chi connectivity index (χ0v) is 27.2. The maximum absolute atomic E-state index is 14.3. The van der Waals surface area contributed by atoms with Crippen LogP contribution < -0.4 is 10.6 Å². The van der Waals surface area contributed by atoms with Gasteiger partial charge in [-0.1, -0.05) is 70.6 Å². The Morgan fingerprint density at radius 2 is 1.60 bits per heavy atom. The van der Waals surface area contributed by atoms with Gasteiger partial charge in [-0.15, -0.1) is 0 Å². The number of unbranched alkanes of at least 4 members (excludes halogenated alkanes) is 6. The fourth-order valence-electron chi connectivity index (χ4n) is 4.46. The smallest absolute Gasteiger partial charge is 0.408 e. The largest absolute Gasteiger partial charge is 0.444 e. The van der Waals surface area contributed by atoms with E-state index in [1.165, 1.54) is 19.3 Å². The second kappa shape index (κ2) is 19.0. The summed E-state index contributed by atoms with van der Waals surface area (Å²) in [4.78, 5) is 42.5. The van der Waals surface area contributed by atoms with E-state index in [-0.39, 0.29) is 11.8 Å². The third-order valence-electron chi connectivity index (χ3n) is 6.87. The zero-order chi connectivity index (χ0) is 30.1. The molecular weight excluding hydrogens is 522 g/mol. The molecule has 0 heterocycles. The van der Waals surface area contributed by atoms with Crippen LogP contribution in [0.1, 0.15) is 115 Å². The van der Waals surface area contributed by atoms with Gasteiger partial charge in [-0.3, -0.25) is 9.59 Å². The monoisotopic (exact) mass is 577 g/mol. The summed E-state index contributed by atoms with van der Waals surface area (Å²) in [6, 6.07) is 4.40. The summed E-state index contributed by atoms with van der Waals surface area (Å²) in [6.45, 7) is 14.7. The number of carbonyl (C=O) groups is 3. The highest BCUT2D eigenvalue weighted by atomic mass is 32.2. The summed E-state index contributed by atoms with van der Waals surface area (Å²) in [5.74, 6) is 0.257. The number of benzene rings is 1. The second-order valence-corrected chi connectivity index (χ2v) is 12.7. The van der Waals surface area contributed by atoms with Gasteiger partial charge in [0.2, 0.25) is 11.8 Å². The lowest BCUT2D eigenvalue weighted by atomic mass is 9.97. The molecule has 0 fully saturated rings. The molecule has 0 aromatic heterocycles. The molecule has 0 bridgehead atoms. The molecule has 0 aliphatic rings. The molecule has 2 unspecified atom stereocenters. The number of nitrogens with zero attached hydrogens (tertiary/aromatic N) is 1. The maximum atomic E-state index is 14.3. The van der Waals surface area contributed by atoms with Gasteiger partial charge >= 0.3 is 6.09 Å². The fourth-order valence-corrected chi connectivity index (χ4v) is 4.94. The standard InChI is InChI=1S/C32H55N3O4S/c1-9-11-13-14-15-16-21-35(30(37)27(19-22-40-8)34-31(38)39-32(5,6)7)28(29(36)33-20-12-10-2)26-18-17-24(3)25(4)23-26/h17-18,23,27-28H,9-16,19-22H2,1-8H3,(H,33,36)(H,34,38). The summed E-state index contributed by atoms with van der Waals surface area (Å²) in [5, 5.41) is 5.90. The number of rotatable bonds is 18. The van der Waals surface area contributed by atoms with Crippen molar-refractivity contribution in [3.63, 3.8) is 0 Å². The molecule has 0 aliphatic carbocycles. The van der Waals surface area contributed by atoms with Gasteiger partial charge in [0.15, 0.2) is 0 Å². The number of aryl methyl sites for hydroxylation is 2. The molecule has 228 valence electrons. The Kier molecular flexibility index (Phi) is 17.0. The van der Waals surface area contributed by atoms with Crippen molar-refractivity contribution < 1.29 is 19.1 Å². The fraction of sp³-hybridized carbons (Fsp3) is 0.719. The Morgan fingerprint density at radius 3 is 2.20 bits per heavy atom. The van der Waals surface area contributed by atoms with Crippen molar-refractivity contribution in [3.05, 3.63) is 34.9 Å². The molecule has 0 radical (unpaired) electrons. The summed E-state index contributed by atoms with van der Waals surface area (Å²) < 4.78 is 5.49. The lowest BCUT2D eigenvalue weighted by Gasteiger charge is -2.35. The molecule has 0 saturated heterocycles. The van der Waals surface area contributed by atoms with Crippen LogP contribution in [0.25, 0.3) is 0 Å². The number of hydrogen-bond acceptors (Lipinski definition) is 5. The quantitative estimate of drug-likeness (QED) is 0.182. The molecule has 2 atom stereocenters. The minimum atomic E-state index is -0.792. The van der Waals surface area contributed by atoms with Gasteiger partial charge in [0.1, 0.15) is 17.7 Å². The van der Waals surface area contributed by atoms with Gasteiger partial charge in [-0.05, 0) is 82.6 Å². The maximum Gasteiger partial charge on any atom is 0.408 e. The molecule has 0 spiro atoms. The van der Waals surface area contributed by atoms with Gasteiger partial charge in [-0.2, -0.15) is 11.8 Å². The van der Waals surface area contributed by atoms with E-state index in [9.17, 15) is 14.4 Å². The van der Waals surface area contributed by atoms with Crippen molar-refractivity contribution in [1.82, 2.24) is 15.5 Å². The Morgan fingerprint density at radius 1 is 0.950 bits per heavy atom. The molecule has 0 aliphatic heterocycles. The molecule has 1 rings (SSSR count). The average Bonchev–Trinajstić information content (AvgIpc) is 2.88. The number of ether oxygens (including phenoxy) is 1. The number of hydrogen-bond donors (Lipinski definition) is 2. The molecule has 0 saturated carbocycles. The van der Waals surface area contributed by atoms with Crippen LogP contribution in [0.2, 0.25) is 0 Å². The van der Waals surface area contributed by atoms with Crippen molar-refractivity contribution in [2.45, 2.75) is 124 Å². The Labute approximate surface area is 248 Å². The molecule has 7 nitrogen and oxygen atoms in total. The number of alkyl carbamates (subject to hydrolysis) is 1. The first-order valence-electron chi connectivity index (χ1n) is 15.1. The number of amides is 3. The van der Waals surface area contributed by atoms with Crippen LogP contribution in [0.4, 0.5) is 4.79 Å². The number of thioether (sulfide) groups is 1. The van der Waals surface area contributed by atoms with Crippen LogP contribution in [0.15, 0.2) is 18.2 Å². The van der Waals surface area contributed by atoms with E-state index in [0.29, 0.717) is 25.3 Å². The van der Waals surface area contributed by atoms with Crippen LogP contribution in [0, 0.1) is 13.8 Å². The molecule has 2 N–H and O–H groups in total. The van der Waals surface area contributed by atoms with E-state index in [4.69, 9.17) is 4.74 Å². The number of carbonyl (C=O) groups excluding carboxylic acids is 3. The van der Waals surface area contributed by atoms with Gasteiger partial charge in [-0.25, -0.2) is 4.79 Å². The van der Waals surface area contributed by atoms with E-state index >= 15 is 0 Å². The summed E-state index contributed by atoms with van der Waals surface area (Å²) in [7, 11) is 0.